The van der Waals surface area contributed by atoms with Crippen LogP contribution in [0.4, 0.5) is 0 Å². The van der Waals surface area contributed by atoms with Crippen LogP contribution in [0.1, 0.15) is 16.7 Å². The Morgan fingerprint density at radius 3 is 2.63 bits per heavy atom. The number of rotatable bonds is 6. The van der Waals surface area contributed by atoms with E-state index >= 15 is 0 Å². The molecule has 0 aliphatic carbocycles. The molecule has 0 fully saturated rings. The number of fused-ring (bicyclic) bond motifs is 1. The summed E-state index contributed by atoms with van der Waals surface area (Å²) >= 11 is 0. The summed E-state index contributed by atoms with van der Waals surface area (Å²) in [6.07, 6.45) is 1.59. The maximum Gasteiger partial charge on any atom is 0.277 e. The fourth-order valence-electron chi connectivity index (χ4n) is 2.89. The van der Waals surface area contributed by atoms with E-state index in [1.807, 2.05) is 68.4 Å². The van der Waals surface area contributed by atoms with Crippen LogP contribution in [-0.2, 0) is 4.79 Å². The Morgan fingerprint density at radius 1 is 1.07 bits per heavy atom. The predicted molar refractivity (Wildman–Crippen MR) is 108 cm³/mol. The van der Waals surface area contributed by atoms with Gasteiger partial charge in [0.2, 0.25) is 0 Å². The second-order valence-electron chi connectivity index (χ2n) is 6.25. The highest BCUT2D eigenvalue weighted by Crippen LogP contribution is 2.26. The van der Waals surface area contributed by atoms with Gasteiger partial charge in [-0.05, 0) is 42.3 Å². The quantitative estimate of drug-likeness (QED) is 0.533. The van der Waals surface area contributed by atoms with Crippen molar-refractivity contribution in [2.75, 3.05) is 13.7 Å². The summed E-state index contributed by atoms with van der Waals surface area (Å²) in [5.41, 5.74) is 5.45. The van der Waals surface area contributed by atoms with Gasteiger partial charge in [-0.15, -0.1) is 0 Å². The number of hydrogen-bond acceptors (Lipinski definition) is 4. The molecule has 0 spiro atoms. The van der Waals surface area contributed by atoms with Gasteiger partial charge < -0.3 is 9.47 Å². The van der Waals surface area contributed by atoms with Crippen molar-refractivity contribution in [3.05, 3.63) is 71.3 Å². The molecule has 3 aromatic carbocycles. The van der Waals surface area contributed by atoms with Crippen LogP contribution in [0.3, 0.4) is 0 Å². The van der Waals surface area contributed by atoms with Crippen LogP contribution < -0.4 is 14.9 Å². The van der Waals surface area contributed by atoms with E-state index in [4.69, 9.17) is 9.47 Å². The van der Waals surface area contributed by atoms with Crippen LogP contribution in [0.25, 0.3) is 10.8 Å². The molecular weight excluding hydrogens is 340 g/mol. The molecule has 3 aromatic rings. The topological polar surface area (TPSA) is 59.9 Å². The largest absolute Gasteiger partial charge is 0.496 e. The predicted octanol–water partition coefficient (Wildman–Crippen LogP) is 3.99. The molecule has 0 aliphatic heterocycles. The van der Waals surface area contributed by atoms with Crippen LogP contribution in [0, 0.1) is 13.8 Å². The molecule has 5 nitrogen and oxygen atoms in total. The number of hydrogen-bond donors (Lipinski definition) is 1. The minimum absolute atomic E-state index is 0.103. The third kappa shape index (κ3) is 4.44. The second kappa shape index (κ2) is 8.36. The lowest BCUT2D eigenvalue weighted by atomic mass is 10.0. The normalized spacial score (nSPS) is 10.9. The average Bonchev–Trinajstić information content (AvgIpc) is 2.67. The van der Waals surface area contributed by atoms with Gasteiger partial charge in [0.15, 0.2) is 6.61 Å². The van der Waals surface area contributed by atoms with Gasteiger partial charge in [-0.1, -0.05) is 48.0 Å². The number of carbonyl (C=O) groups excluding carboxylic acids is 1. The Bertz CT molecular complexity index is 996. The molecule has 5 heteroatoms. The molecule has 0 unspecified atom stereocenters. The number of nitrogens with one attached hydrogen (secondary N) is 1. The standard InChI is InChI=1S/C22H22N2O3/c1-15-8-10-20(16(2)12-15)27-14-22(25)24-23-13-19-18-7-5-4-6-17(18)9-11-21(19)26-3/h4-13H,14H2,1-3H3,(H,24,25)/b23-13-. The number of hydrazone groups is 1. The summed E-state index contributed by atoms with van der Waals surface area (Å²) < 4.78 is 11.0. The lowest BCUT2D eigenvalue weighted by Gasteiger charge is -2.09. The zero-order chi connectivity index (χ0) is 19.2. The van der Waals surface area contributed by atoms with Crippen molar-refractivity contribution in [2.24, 2.45) is 5.10 Å². The van der Waals surface area contributed by atoms with Crippen molar-refractivity contribution in [3.8, 4) is 11.5 Å². The molecule has 0 saturated carbocycles. The van der Waals surface area contributed by atoms with Gasteiger partial charge >= 0.3 is 0 Å². The fraction of sp³-hybridized carbons (Fsp3) is 0.182. The smallest absolute Gasteiger partial charge is 0.277 e. The van der Waals surface area contributed by atoms with E-state index < -0.39 is 0 Å². The summed E-state index contributed by atoms with van der Waals surface area (Å²) in [4.78, 5) is 12.0. The van der Waals surface area contributed by atoms with Gasteiger partial charge in [0.1, 0.15) is 11.5 Å². The highest BCUT2D eigenvalue weighted by Gasteiger charge is 2.07. The van der Waals surface area contributed by atoms with E-state index in [1.54, 1.807) is 13.3 Å². The third-order valence-electron chi connectivity index (χ3n) is 4.22. The number of benzene rings is 3. The van der Waals surface area contributed by atoms with Gasteiger partial charge in [0.05, 0.1) is 13.3 Å². The molecule has 138 valence electrons. The number of methoxy groups -OCH3 is 1. The zero-order valence-electron chi connectivity index (χ0n) is 15.7. The van der Waals surface area contributed by atoms with E-state index in [2.05, 4.69) is 10.5 Å². The molecule has 0 heterocycles. The van der Waals surface area contributed by atoms with Crippen molar-refractivity contribution in [1.82, 2.24) is 5.43 Å². The summed E-state index contributed by atoms with van der Waals surface area (Å²) in [6, 6.07) is 17.6. The fourth-order valence-corrected chi connectivity index (χ4v) is 2.89. The molecule has 3 rings (SSSR count). The molecule has 27 heavy (non-hydrogen) atoms. The Balaban J connectivity index is 1.66. The van der Waals surface area contributed by atoms with Gasteiger partial charge in [0, 0.05) is 5.56 Å². The number of amides is 1. The lowest BCUT2D eigenvalue weighted by Crippen LogP contribution is -2.24. The van der Waals surface area contributed by atoms with E-state index in [9.17, 15) is 4.79 Å². The number of carbonyl (C=O) groups is 1. The van der Waals surface area contributed by atoms with Crippen LogP contribution in [-0.4, -0.2) is 25.8 Å². The molecule has 1 amide bonds. The first-order valence-electron chi connectivity index (χ1n) is 8.66. The minimum atomic E-state index is -0.328. The molecular formula is C22H22N2O3. The Hall–Kier alpha value is -3.34. The van der Waals surface area contributed by atoms with E-state index in [0.29, 0.717) is 11.5 Å². The number of nitrogens with zero attached hydrogens (tertiary/aromatic N) is 1. The monoisotopic (exact) mass is 362 g/mol. The van der Waals surface area contributed by atoms with Crippen molar-refractivity contribution in [2.45, 2.75) is 13.8 Å². The van der Waals surface area contributed by atoms with Crippen molar-refractivity contribution in [1.29, 1.82) is 0 Å². The first-order valence-corrected chi connectivity index (χ1v) is 8.66. The highest BCUT2D eigenvalue weighted by atomic mass is 16.5. The van der Waals surface area contributed by atoms with E-state index in [1.165, 1.54) is 0 Å². The van der Waals surface area contributed by atoms with Crippen molar-refractivity contribution >= 4 is 22.9 Å². The summed E-state index contributed by atoms with van der Waals surface area (Å²) in [6.45, 7) is 3.86. The van der Waals surface area contributed by atoms with E-state index in [-0.39, 0.29) is 12.5 Å². The Labute approximate surface area is 158 Å². The lowest BCUT2D eigenvalue weighted by molar-refractivity contribution is -0.123. The molecule has 1 N–H and O–H groups in total. The summed E-state index contributed by atoms with van der Waals surface area (Å²) in [7, 11) is 1.61. The van der Waals surface area contributed by atoms with Crippen LogP contribution in [0.5, 0.6) is 11.5 Å². The van der Waals surface area contributed by atoms with Gasteiger partial charge in [-0.2, -0.15) is 5.10 Å². The molecule has 0 aliphatic rings. The van der Waals surface area contributed by atoms with Gasteiger partial charge in [-0.3, -0.25) is 4.79 Å². The average molecular weight is 362 g/mol. The van der Waals surface area contributed by atoms with Crippen LogP contribution >= 0.6 is 0 Å². The first-order chi connectivity index (χ1) is 13.1. The summed E-state index contributed by atoms with van der Waals surface area (Å²) in [5.74, 6) is 1.05. The summed E-state index contributed by atoms with van der Waals surface area (Å²) in [5, 5.41) is 6.14. The first kappa shape index (κ1) is 18.5. The Morgan fingerprint density at radius 2 is 1.85 bits per heavy atom. The Kier molecular flexibility index (Phi) is 5.71. The maximum atomic E-state index is 12.0. The molecule has 0 saturated heterocycles. The zero-order valence-corrected chi connectivity index (χ0v) is 15.7. The highest BCUT2D eigenvalue weighted by molar-refractivity contribution is 6.02. The third-order valence-corrected chi connectivity index (χ3v) is 4.22. The van der Waals surface area contributed by atoms with Gasteiger partial charge in [0.25, 0.3) is 5.91 Å². The number of ether oxygens (including phenoxy) is 2. The van der Waals surface area contributed by atoms with Gasteiger partial charge in [-0.25, -0.2) is 5.43 Å². The molecule has 0 aromatic heterocycles. The molecule has 0 atom stereocenters. The van der Waals surface area contributed by atoms with Crippen molar-refractivity contribution < 1.29 is 14.3 Å². The number of aryl methyl sites for hydroxylation is 2. The van der Waals surface area contributed by atoms with Crippen molar-refractivity contribution in [3.63, 3.8) is 0 Å². The van der Waals surface area contributed by atoms with Crippen LogP contribution in [0.15, 0.2) is 59.7 Å². The maximum absolute atomic E-state index is 12.0. The minimum Gasteiger partial charge on any atom is -0.496 e. The second-order valence-corrected chi connectivity index (χ2v) is 6.25. The SMILES string of the molecule is COc1ccc2ccccc2c1/C=N\NC(=O)COc1ccc(C)cc1C. The molecule has 0 bridgehead atoms. The van der Waals surface area contributed by atoms with Crippen LogP contribution in [0.2, 0.25) is 0 Å². The molecule has 0 radical (unpaired) electrons. The van der Waals surface area contributed by atoms with E-state index in [0.717, 1.165) is 27.5 Å².